The number of aliphatic imine (C=N–C) groups is 1. The molecule has 1 aliphatic rings. The van der Waals surface area contributed by atoms with Crippen LogP contribution in [0.4, 0.5) is 0 Å². The molecule has 1 saturated heterocycles. The van der Waals surface area contributed by atoms with Crippen LogP contribution in [0.25, 0.3) is 0 Å². The minimum Gasteiger partial charge on any atom is -0.355 e. The molecule has 1 fully saturated rings. The Labute approximate surface area is 153 Å². The molecule has 0 spiro atoms. The Morgan fingerprint density at radius 2 is 2.20 bits per heavy atom. The van der Waals surface area contributed by atoms with E-state index in [1.54, 1.807) is 0 Å². The fourth-order valence-corrected chi connectivity index (χ4v) is 4.10. The molecule has 1 unspecified atom stereocenters. The van der Waals surface area contributed by atoms with Crippen molar-refractivity contribution in [1.82, 2.24) is 25.3 Å². The van der Waals surface area contributed by atoms with Gasteiger partial charge in [0.05, 0.1) is 18.8 Å². The Balaban J connectivity index is 1.50. The number of aromatic nitrogens is 2. The SMILES string of the molecule is CN=C(NCCn1cc(C)cn1)NCC(c1cccs1)N1CCCC1. The van der Waals surface area contributed by atoms with Gasteiger partial charge in [-0.3, -0.25) is 14.6 Å². The van der Waals surface area contributed by atoms with Crippen LogP contribution in [0.1, 0.15) is 29.3 Å². The lowest BCUT2D eigenvalue weighted by Crippen LogP contribution is -2.43. The van der Waals surface area contributed by atoms with Crippen LogP contribution >= 0.6 is 11.3 Å². The lowest BCUT2D eigenvalue weighted by atomic mass is 10.2. The Morgan fingerprint density at radius 3 is 2.84 bits per heavy atom. The van der Waals surface area contributed by atoms with Crippen LogP contribution in [-0.4, -0.2) is 53.9 Å². The summed E-state index contributed by atoms with van der Waals surface area (Å²) in [6.07, 6.45) is 6.54. The van der Waals surface area contributed by atoms with Crippen LogP contribution in [0.15, 0.2) is 34.9 Å². The summed E-state index contributed by atoms with van der Waals surface area (Å²) in [6.45, 7) is 6.94. The molecular formula is C18H28N6S. The zero-order valence-electron chi connectivity index (χ0n) is 15.1. The number of rotatable bonds is 7. The zero-order valence-corrected chi connectivity index (χ0v) is 15.9. The van der Waals surface area contributed by atoms with E-state index >= 15 is 0 Å². The van der Waals surface area contributed by atoms with Gasteiger partial charge in [0.25, 0.3) is 0 Å². The topological polar surface area (TPSA) is 57.5 Å². The van der Waals surface area contributed by atoms with Crippen LogP contribution in [-0.2, 0) is 6.54 Å². The molecule has 2 N–H and O–H groups in total. The monoisotopic (exact) mass is 360 g/mol. The highest BCUT2D eigenvalue weighted by molar-refractivity contribution is 7.10. The quantitative estimate of drug-likeness (QED) is 0.587. The van der Waals surface area contributed by atoms with Gasteiger partial charge in [0.2, 0.25) is 0 Å². The summed E-state index contributed by atoms with van der Waals surface area (Å²) < 4.78 is 1.95. The summed E-state index contributed by atoms with van der Waals surface area (Å²) >= 11 is 1.84. The smallest absolute Gasteiger partial charge is 0.191 e. The summed E-state index contributed by atoms with van der Waals surface area (Å²) in [4.78, 5) is 8.36. The molecule has 1 atom stereocenters. The van der Waals surface area contributed by atoms with Crippen LogP contribution in [0.2, 0.25) is 0 Å². The maximum absolute atomic E-state index is 4.35. The second-order valence-electron chi connectivity index (χ2n) is 6.43. The van der Waals surface area contributed by atoms with Crippen LogP contribution < -0.4 is 10.6 Å². The van der Waals surface area contributed by atoms with Crippen molar-refractivity contribution < 1.29 is 0 Å². The van der Waals surface area contributed by atoms with Crippen molar-refractivity contribution in [2.24, 2.45) is 4.99 Å². The number of hydrogen-bond donors (Lipinski definition) is 2. The normalized spacial score (nSPS) is 17.0. The number of guanidine groups is 1. The van der Waals surface area contributed by atoms with Crippen molar-refractivity contribution in [2.75, 3.05) is 33.2 Å². The van der Waals surface area contributed by atoms with Crippen molar-refractivity contribution in [1.29, 1.82) is 0 Å². The third kappa shape index (κ3) is 5.06. The molecule has 1 aliphatic heterocycles. The number of thiophene rings is 1. The fourth-order valence-electron chi connectivity index (χ4n) is 3.24. The predicted molar refractivity (Wildman–Crippen MR) is 104 cm³/mol. The lowest BCUT2D eigenvalue weighted by Gasteiger charge is -2.27. The molecule has 136 valence electrons. The highest BCUT2D eigenvalue weighted by atomic mass is 32.1. The van der Waals surface area contributed by atoms with Gasteiger partial charge in [-0.25, -0.2) is 0 Å². The average molecular weight is 361 g/mol. The standard InChI is InChI=1S/C18H28N6S/c1-15-12-22-24(14-15)10-7-20-18(19-2)21-13-16(17-6-5-11-25-17)23-8-3-4-9-23/h5-6,11-12,14,16H,3-4,7-10,13H2,1-2H3,(H2,19,20,21). The minimum atomic E-state index is 0.426. The molecule has 0 aliphatic carbocycles. The number of nitrogens with zero attached hydrogens (tertiary/aromatic N) is 4. The first-order chi connectivity index (χ1) is 12.3. The van der Waals surface area contributed by atoms with E-state index in [9.17, 15) is 0 Å². The van der Waals surface area contributed by atoms with Crippen molar-refractivity contribution in [3.05, 3.63) is 40.3 Å². The molecule has 0 aromatic carbocycles. The summed E-state index contributed by atoms with van der Waals surface area (Å²) in [5.41, 5.74) is 1.19. The molecule has 3 heterocycles. The summed E-state index contributed by atoms with van der Waals surface area (Å²) in [5.74, 6) is 0.852. The molecule has 6 nitrogen and oxygen atoms in total. The van der Waals surface area contributed by atoms with Crippen molar-refractivity contribution >= 4 is 17.3 Å². The molecule has 0 amide bonds. The van der Waals surface area contributed by atoms with Gasteiger partial charge in [-0.05, 0) is 49.9 Å². The first-order valence-electron chi connectivity index (χ1n) is 8.97. The Bertz CT molecular complexity index is 657. The van der Waals surface area contributed by atoms with E-state index in [-0.39, 0.29) is 0 Å². The van der Waals surface area contributed by atoms with E-state index in [1.807, 2.05) is 29.3 Å². The van der Waals surface area contributed by atoms with Gasteiger partial charge >= 0.3 is 0 Å². The van der Waals surface area contributed by atoms with E-state index < -0.39 is 0 Å². The van der Waals surface area contributed by atoms with E-state index in [0.29, 0.717) is 6.04 Å². The third-order valence-corrected chi connectivity index (χ3v) is 5.51. The summed E-state index contributed by atoms with van der Waals surface area (Å²) in [5, 5.41) is 13.4. The highest BCUT2D eigenvalue weighted by Crippen LogP contribution is 2.27. The van der Waals surface area contributed by atoms with Crippen LogP contribution in [0, 0.1) is 6.92 Å². The minimum absolute atomic E-state index is 0.426. The van der Waals surface area contributed by atoms with Gasteiger partial charge in [0, 0.05) is 31.2 Å². The molecule has 25 heavy (non-hydrogen) atoms. The Morgan fingerprint density at radius 1 is 1.36 bits per heavy atom. The van der Waals surface area contributed by atoms with Crippen LogP contribution in [0.5, 0.6) is 0 Å². The number of hydrogen-bond acceptors (Lipinski definition) is 4. The van der Waals surface area contributed by atoms with Gasteiger partial charge in [-0.1, -0.05) is 6.07 Å². The van der Waals surface area contributed by atoms with Crippen molar-refractivity contribution in [3.63, 3.8) is 0 Å². The van der Waals surface area contributed by atoms with Crippen LogP contribution in [0.3, 0.4) is 0 Å². The van der Waals surface area contributed by atoms with Gasteiger partial charge < -0.3 is 10.6 Å². The second kappa shape index (κ2) is 9.01. The first kappa shape index (κ1) is 17.9. The second-order valence-corrected chi connectivity index (χ2v) is 7.41. The van der Waals surface area contributed by atoms with Crippen molar-refractivity contribution in [3.8, 4) is 0 Å². The molecular weight excluding hydrogens is 332 g/mol. The summed E-state index contributed by atoms with van der Waals surface area (Å²) in [7, 11) is 1.82. The van der Waals surface area contributed by atoms with Gasteiger partial charge in [0.1, 0.15) is 0 Å². The van der Waals surface area contributed by atoms with Crippen molar-refractivity contribution in [2.45, 2.75) is 32.4 Å². The molecule has 0 radical (unpaired) electrons. The number of nitrogens with one attached hydrogen (secondary N) is 2. The van der Waals surface area contributed by atoms with E-state index in [4.69, 9.17) is 0 Å². The zero-order chi connectivity index (χ0) is 17.5. The largest absolute Gasteiger partial charge is 0.355 e. The number of likely N-dealkylation sites (tertiary alicyclic amines) is 1. The molecule has 0 saturated carbocycles. The maximum Gasteiger partial charge on any atom is 0.191 e. The van der Waals surface area contributed by atoms with E-state index in [2.05, 4.69) is 56.3 Å². The number of aryl methyl sites for hydroxylation is 1. The maximum atomic E-state index is 4.35. The first-order valence-corrected chi connectivity index (χ1v) is 9.85. The van der Waals surface area contributed by atoms with Gasteiger partial charge in [-0.15, -0.1) is 11.3 Å². The van der Waals surface area contributed by atoms with Gasteiger partial charge in [-0.2, -0.15) is 5.10 Å². The predicted octanol–water partition coefficient (Wildman–Crippen LogP) is 2.26. The Kier molecular flexibility index (Phi) is 6.47. The van der Waals surface area contributed by atoms with E-state index in [1.165, 1.54) is 36.4 Å². The average Bonchev–Trinajstić information content (AvgIpc) is 3.37. The lowest BCUT2D eigenvalue weighted by molar-refractivity contribution is 0.249. The summed E-state index contributed by atoms with van der Waals surface area (Å²) in [6, 6.07) is 4.81. The molecule has 2 aromatic rings. The molecule has 7 heteroatoms. The molecule has 0 bridgehead atoms. The van der Waals surface area contributed by atoms with Gasteiger partial charge in [0.15, 0.2) is 5.96 Å². The molecule has 3 rings (SSSR count). The fraction of sp³-hybridized carbons (Fsp3) is 0.556. The highest BCUT2D eigenvalue weighted by Gasteiger charge is 2.24. The Hall–Kier alpha value is -1.86. The third-order valence-electron chi connectivity index (χ3n) is 4.54. The van der Waals surface area contributed by atoms with E-state index in [0.717, 1.165) is 25.6 Å². The molecule has 2 aromatic heterocycles.